The number of H-pyrrole nitrogens is 1. The van der Waals surface area contributed by atoms with E-state index in [2.05, 4.69) is 9.97 Å². The van der Waals surface area contributed by atoms with E-state index in [9.17, 15) is 4.79 Å². The number of nitrogens with zero attached hydrogens (tertiary/aromatic N) is 3. The van der Waals surface area contributed by atoms with E-state index in [-0.39, 0.29) is 17.7 Å². The molecule has 0 saturated heterocycles. The number of hydrogen-bond donors (Lipinski definition) is 2. The normalized spacial score (nSPS) is 11.5. The molecule has 0 bridgehead atoms. The summed E-state index contributed by atoms with van der Waals surface area (Å²) in [7, 11) is 1.80. The first-order chi connectivity index (χ1) is 12.0. The highest BCUT2D eigenvalue weighted by molar-refractivity contribution is 6.35. The minimum absolute atomic E-state index is 0.172. The van der Waals surface area contributed by atoms with Crippen molar-refractivity contribution in [2.75, 3.05) is 0 Å². The number of para-hydroxylation sites is 2. The summed E-state index contributed by atoms with van der Waals surface area (Å²) in [5.74, 6) is 0.512. The Labute approximate surface area is 147 Å². The maximum atomic E-state index is 12.4. The maximum absolute atomic E-state index is 12.4. The first-order valence-electron chi connectivity index (χ1n) is 7.84. The zero-order valence-corrected chi connectivity index (χ0v) is 14.6. The van der Waals surface area contributed by atoms with Crippen LogP contribution in [-0.2, 0) is 13.6 Å². The molecule has 126 valence electrons. The van der Waals surface area contributed by atoms with Gasteiger partial charge in [0.15, 0.2) is 0 Å². The van der Waals surface area contributed by atoms with Crippen molar-refractivity contribution in [3.63, 3.8) is 0 Å². The van der Waals surface area contributed by atoms with Crippen LogP contribution in [-0.4, -0.2) is 19.1 Å². The highest BCUT2D eigenvalue weighted by atomic mass is 35.5. The van der Waals surface area contributed by atoms with Gasteiger partial charge in [-0.3, -0.25) is 10.2 Å². The van der Waals surface area contributed by atoms with Crippen molar-refractivity contribution < 1.29 is 0 Å². The van der Waals surface area contributed by atoms with Crippen molar-refractivity contribution in [2.45, 2.75) is 13.5 Å². The molecule has 0 saturated carbocycles. The highest BCUT2D eigenvalue weighted by Crippen LogP contribution is 2.22. The summed E-state index contributed by atoms with van der Waals surface area (Å²) in [4.78, 5) is 19.8. The molecule has 0 aliphatic carbocycles. The van der Waals surface area contributed by atoms with Crippen LogP contribution >= 0.6 is 11.6 Å². The number of imidazole rings is 1. The predicted octanol–water partition coefficient (Wildman–Crippen LogP) is 2.71. The summed E-state index contributed by atoms with van der Waals surface area (Å²) in [5, 5.41) is 9.53. The first kappa shape index (κ1) is 15.7. The second kappa shape index (κ2) is 5.60. The molecule has 4 aromatic rings. The Kier molecular flexibility index (Phi) is 3.51. The molecule has 0 amide bonds. The van der Waals surface area contributed by atoms with Gasteiger partial charge >= 0.3 is 0 Å². The molecule has 0 aliphatic rings. The van der Waals surface area contributed by atoms with E-state index in [0.717, 1.165) is 16.6 Å². The lowest BCUT2D eigenvalue weighted by molar-refractivity contribution is 0.671. The molecule has 0 radical (unpaired) electrons. The van der Waals surface area contributed by atoms with Gasteiger partial charge in [-0.25, -0.2) is 4.98 Å². The van der Waals surface area contributed by atoms with Crippen LogP contribution < -0.4 is 11.2 Å². The number of rotatable bonds is 2. The second-order valence-corrected chi connectivity index (χ2v) is 6.47. The number of aromatic amines is 1. The van der Waals surface area contributed by atoms with Gasteiger partial charge in [0.1, 0.15) is 5.82 Å². The predicted molar refractivity (Wildman–Crippen MR) is 98.0 cm³/mol. The van der Waals surface area contributed by atoms with Crippen LogP contribution in [0.5, 0.6) is 0 Å². The van der Waals surface area contributed by atoms with Crippen molar-refractivity contribution >= 4 is 33.5 Å². The van der Waals surface area contributed by atoms with Gasteiger partial charge in [0.25, 0.3) is 5.56 Å². The Hall–Kier alpha value is -2.86. The molecule has 2 heterocycles. The smallest absolute Gasteiger partial charge is 0.258 e. The van der Waals surface area contributed by atoms with Gasteiger partial charge in [-0.15, -0.1) is 0 Å². The van der Waals surface area contributed by atoms with Crippen LogP contribution in [0.4, 0.5) is 0 Å². The van der Waals surface area contributed by atoms with Crippen molar-refractivity contribution in [3.05, 3.63) is 68.8 Å². The average Bonchev–Trinajstić information content (AvgIpc) is 2.82. The Morgan fingerprint density at radius 2 is 2.00 bits per heavy atom. The van der Waals surface area contributed by atoms with E-state index < -0.39 is 0 Å². The fourth-order valence-corrected chi connectivity index (χ4v) is 3.49. The maximum Gasteiger partial charge on any atom is 0.258 e. The number of nitrogens with one attached hydrogen (secondary N) is 2. The Morgan fingerprint density at radius 1 is 1.24 bits per heavy atom. The summed E-state index contributed by atoms with van der Waals surface area (Å²) in [6, 6.07) is 11.1. The fraction of sp³-hybridized carbons (Fsp3) is 0.167. The number of aromatic nitrogens is 4. The molecule has 6 nitrogen and oxygen atoms in total. The summed E-state index contributed by atoms with van der Waals surface area (Å²) >= 11 is 6.28. The lowest BCUT2D eigenvalue weighted by Crippen LogP contribution is -2.25. The molecule has 0 atom stereocenters. The molecule has 4 rings (SSSR count). The van der Waals surface area contributed by atoms with Crippen LogP contribution in [0.25, 0.3) is 21.9 Å². The quantitative estimate of drug-likeness (QED) is 0.581. The summed E-state index contributed by atoms with van der Waals surface area (Å²) < 4.78 is 3.51. The van der Waals surface area contributed by atoms with Crippen LogP contribution in [0.3, 0.4) is 0 Å². The second-order valence-electron chi connectivity index (χ2n) is 6.06. The molecule has 7 heteroatoms. The van der Waals surface area contributed by atoms with Crippen molar-refractivity contribution in [3.8, 4) is 0 Å². The zero-order chi connectivity index (χ0) is 17.7. The van der Waals surface area contributed by atoms with E-state index >= 15 is 0 Å². The van der Waals surface area contributed by atoms with Gasteiger partial charge in [-0.2, -0.15) is 0 Å². The van der Waals surface area contributed by atoms with Gasteiger partial charge in [-0.1, -0.05) is 29.8 Å². The number of fused-ring (bicyclic) bond motifs is 2. The number of benzene rings is 2. The Bertz CT molecular complexity index is 1250. The molecule has 0 aliphatic heterocycles. The minimum atomic E-state index is -0.172. The first-order valence-corrected chi connectivity index (χ1v) is 8.22. The fourth-order valence-electron chi connectivity index (χ4n) is 3.19. The van der Waals surface area contributed by atoms with Crippen LogP contribution in [0.15, 0.2) is 41.2 Å². The lowest BCUT2D eigenvalue weighted by atomic mass is 10.1. The van der Waals surface area contributed by atoms with Crippen LogP contribution in [0.2, 0.25) is 5.02 Å². The Balaban J connectivity index is 1.94. The monoisotopic (exact) mass is 353 g/mol. The topological polar surface area (TPSA) is 79.5 Å². The lowest BCUT2D eigenvalue weighted by Gasteiger charge is -2.07. The average molecular weight is 354 g/mol. The number of hydrogen-bond acceptors (Lipinski definition) is 3. The summed E-state index contributed by atoms with van der Waals surface area (Å²) in [6.07, 6.45) is 0. The van der Waals surface area contributed by atoms with Crippen LogP contribution in [0.1, 0.15) is 11.4 Å². The standard InChI is InChI=1S/C18H16ClN5O/c1-10-5-3-6-11-15(10)21-14(22-17(11)25)9-24-13-8-4-7-12(19)16(13)23(2)18(24)20/h3-8,20H,9H2,1-2H3,(H,21,22,25). The highest BCUT2D eigenvalue weighted by Gasteiger charge is 2.13. The van der Waals surface area contributed by atoms with Gasteiger partial charge in [-0.05, 0) is 30.7 Å². The summed E-state index contributed by atoms with van der Waals surface area (Å²) in [6.45, 7) is 2.22. The molecule has 2 aromatic heterocycles. The Morgan fingerprint density at radius 3 is 2.80 bits per heavy atom. The van der Waals surface area contributed by atoms with Gasteiger partial charge in [0.2, 0.25) is 5.62 Å². The molecule has 25 heavy (non-hydrogen) atoms. The molecular weight excluding hydrogens is 338 g/mol. The van der Waals surface area contributed by atoms with Crippen molar-refractivity contribution in [1.29, 1.82) is 5.41 Å². The van der Waals surface area contributed by atoms with Gasteiger partial charge < -0.3 is 14.1 Å². The molecule has 0 unspecified atom stereocenters. The van der Waals surface area contributed by atoms with Crippen LogP contribution in [0, 0.1) is 12.3 Å². The van der Waals surface area contributed by atoms with Crippen molar-refractivity contribution in [2.24, 2.45) is 7.05 Å². The largest absolute Gasteiger partial charge is 0.312 e. The third kappa shape index (κ3) is 2.37. The SMILES string of the molecule is Cc1cccc2c(=O)[nH]c(Cn3c(=N)n(C)c4c(Cl)cccc43)nc12. The van der Waals surface area contributed by atoms with Crippen molar-refractivity contribution in [1.82, 2.24) is 19.1 Å². The van der Waals surface area contributed by atoms with E-state index in [1.807, 2.05) is 31.2 Å². The number of aryl methyl sites for hydroxylation is 2. The van der Waals surface area contributed by atoms with Gasteiger partial charge in [0.05, 0.1) is 33.5 Å². The third-order valence-corrected chi connectivity index (χ3v) is 4.76. The molecular formula is C18H16ClN5O. The molecule has 0 fully saturated rings. The number of halogens is 1. The molecule has 0 spiro atoms. The molecule has 2 N–H and O–H groups in total. The minimum Gasteiger partial charge on any atom is -0.312 e. The van der Waals surface area contributed by atoms with E-state index in [4.69, 9.17) is 17.0 Å². The zero-order valence-electron chi connectivity index (χ0n) is 13.8. The van der Waals surface area contributed by atoms with E-state index in [0.29, 0.717) is 21.7 Å². The van der Waals surface area contributed by atoms with Gasteiger partial charge in [0, 0.05) is 7.05 Å². The third-order valence-electron chi connectivity index (χ3n) is 4.46. The van der Waals surface area contributed by atoms with E-state index in [1.165, 1.54) is 0 Å². The summed E-state index contributed by atoms with van der Waals surface area (Å²) in [5.41, 5.74) is 3.36. The van der Waals surface area contributed by atoms with E-state index in [1.54, 1.807) is 28.3 Å². The molecule has 2 aromatic carbocycles.